The maximum absolute atomic E-state index is 11.8. The van der Waals surface area contributed by atoms with E-state index in [0.29, 0.717) is 18.1 Å². The van der Waals surface area contributed by atoms with Crippen LogP contribution < -0.4 is 0 Å². The quantitative estimate of drug-likeness (QED) is 0.789. The molecule has 0 spiro atoms. The van der Waals surface area contributed by atoms with Gasteiger partial charge < -0.3 is 4.74 Å². The molecule has 2 rings (SSSR count). The van der Waals surface area contributed by atoms with Gasteiger partial charge in [-0.25, -0.2) is 14.8 Å². The molecule has 4 heteroatoms. The standard InChI is InChI=1S/C17H26N2O2/c1-5-21-17(20)15-10-18-16(19-12(15)4)14-8-6-13(7-9-14)11(2)3/h10-11,13-14H,5-9H2,1-4H3. The first kappa shape index (κ1) is 15.9. The number of carbonyl (C=O) groups is 1. The number of aryl methyl sites for hydroxylation is 1. The molecule has 21 heavy (non-hydrogen) atoms. The highest BCUT2D eigenvalue weighted by atomic mass is 16.5. The monoisotopic (exact) mass is 290 g/mol. The highest BCUT2D eigenvalue weighted by molar-refractivity contribution is 5.90. The molecule has 1 aliphatic carbocycles. The Morgan fingerprint density at radius 2 is 2.00 bits per heavy atom. The van der Waals surface area contributed by atoms with Gasteiger partial charge in [-0.1, -0.05) is 13.8 Å². The minimum Gasteiger partial charge on any atom is -0.462 e. The van der Waals surface area contributed by atoms with E-state index in [4.69, 9.17) is 4.74 Å². The topological polar surface area (TPSA) is 52.1 Å². The lowest BCUT2D eigenvalue weighted by molar-refractivity contribution is 0.0524. The van der Waals surface area contributed by atoms with Crippen LogP contribution in [0.1, 0.15) is 74.2 Å². The van der Waals surface area contributed by atoms with Crippen molar-refractivity contribution in [3.8, 4) is 0 Å². The Labute approximate surface area is 127 Å². The van der Waals surface area contributed by atoms with Gasteiger partial charge in [0.05, 0.1) is 17.9 Å². The molecule has 0 aliphatic heterocycles. The first-order chi connectivity index (χ1) is 10.0. The van der Waals surface area contributed by atoms with E-state index < -0.39 is 0 Å². The van der Waals surface area contributed by atoms with Crippen LogP contribution in [-0.2, 0) is 4.74 Å². The Balaban J connectivity index is 2.06. The normalized spacial score (nSPS) is 22.3. The van der Waals surface area contributed by atoms with Gasteiger partial charge in [0.1, 0.15) is 5.82 Å². The number of rotatable bonds is 4. The van der Waals surface area contributed by atoms with Crippen molar-refractivity contribution < 1.29 is 9.53 Å². The summed E-state index contributed by atoms with van der Waals surface area (Å²) >= 11 is 0. The summed E-state index contributed by atoms with van der Waals surface area (Å²) in [6.45, 7) is 8.64. The lowest BCUT2D eigenvalue weighted by Crippen LogP contribution is -2.19. The first-order valence-corrected chi connectivity index (χ1v) is 8.03. The number of esters is 1. The van der Waals surface area contributed by atoms with E-state index in [9.17, 15) is 4.79 Å². The Bertz CT molecular complexity index is 492. The molecule has 0 atom stereocenters. The van der Waals surface area contributed by atoms with Crippen molar-refractivity contribution in [3.63, 3.8) is 0 Å². The number of ether oxygens (including phenoxy) is 1. The van der Waals surface area contributed by atoms with Crippen molar-refractivity contribution in [3.05, 3.63) is 23.3 Å². The van der Waals surface area contributed by atoms with Crippen molar-refractivity contribution in [2.24, 2.45) is 11.8 Å². The van der Waals surface area contributed by atoms with E-state index in [1.165, 1.54) is 12.8 Å². The van der Waals surface area contributed by atoms with Gasteiger partial charge in [-0.05, 0) is 51.4 Å². The molecule has 0 N–H and O–H groups in total. The molecule has 0 bridgehead atoms. The van der Waals surface area contributed by atoms with Crippen LogP contribution in [0.25, 0.3) is 0 Å². The lowest BCUT2D eigenvalue weighted by Gasteiger charge is -2.30. The summed E-state index contributed by atoms with van der Waals surface area (Å²) < 4.78 is 5.02. The summed E-state index contributed by atoms with van der Waals surface area (Å²) in [5.74, 6) is 2.60. The van der Waals surface area contributed by atoms with Gasteiger partial charge in [-0.2, -0.15) is 0 Å². The molecule has 0 amide bonds. The van der Waals surface area contributed by atoms with Crippen LogP contribution in [0.15, 0.2) is 6.20 Å². The first-order valence-electron chi connectivity index (χ1n) is 8.03. The van der Waals surface area contributed by atoms with Gasteiger partial charge in [-0.3, -0.25) is 0 Å². The molecule has 0 saturated heterocycles. The van der Waals surface area contributed by atoms with Gasteiger partial charge >= 0.3 is 5.97 Å². The van der Waals surface area contributed by atoms with Gasteiger partial charge in [0.25, 0.3) is 0 Å². The average Bonchev–Trinajstić information content (AvgIpc) is 2.47. The summed E-state index contributed by atoms with van der Waals surface area (Å²) in [5.41, 5.74) is 1.21. The van der Waals surface area contributed by atoms with Gasteiger partial charge in [0.2, 0.25) is 0 Å². The Morgan fingerprint density at radius 1 is 1.33 bits per heavy atom. The Hall–Kier alpha value is -1.45. The van der Waals surface area contributed by atoms with Crippen LogP contribution >= 0.6 is 0 Å². The lowest BCUT2D eigenvalue weighted by atomic mass is 9.76. The van der Waals surface area contributed by atoms with Crippen LogP contribution in [-0.4, -0.2) is 22.5 Å². The summed E-state index contributed by atoms with van der Waals surface area (Å²) in [6, 6.07) is 0. The average molecular weight is 290 g/mol. The van der Waals surface area contributed by atoms with Gasteiger partial charge in [-0.15, -0.1) is 0 Å². The predicted octanol–water partition coefficient (Wildman–Crippen LogP) is 3.89. The molecule has 1 aromatic rings. The van der Waals surface area contributed by atoms with E-state index >= 15 is 0 Å². The zero-order chi connectivity index (χ0) is 15.4. The molecule has 116 valence electrons. The molecule has 1 aromatic heterocycles. The Kier molecular flexibility index (Phi) is 5.32. The van der Waals surface area contributed by atoms with Crippen LogP contribution in [0.3, 0.4) is 0 Å². The molecule has 0 radical (unpaired) electrons. The third kappa shape index (κ3) is 3.80. The van der Waals surface area contributed by atoms with Crippen LogP contribution in [0.4, 0.5) is 0 Å². The minimum atomic E-state index is -0.329. The number of nitrogens with zero attached hydrogens (tertiary/aromatic N) is 2. The fourth-order valence-electron chi connectivity index (χ4n) is 3.14. The van der Waals surface area contributed by atoms with E-state index in [0.717, 1.165) is 36.2 Å². The van der Waals surface area contributed by atoms with Crippen molar-refractivity contribution in [1.82, 2.24) is 9.97 Å². The highest BCUT2D eigenvalue weighted by Gasteiger charge is 2.26. The molecule has 0 unspecified atom stereocenters. The van der Waals surface area contributed by atoms with Crippen LogP contribution in [0.2, 0.25) is 0 Å². The maximum atomic E-state index is 11.8. The van der Waals surface area contributed by atoms with E-state index in [1.54, 1.807) is 13.1 Å². The molecular weight excluding hydrogens is 264 g/mol. The van der Waals surface area contributed by atoms with E-state index in [1.807, 2.05) is 6.92 Å². The zero-order valence-corrected chi connectivity index (χ0v) is 13.6. The van der Waals surface area contributed by atoms with Crippen LogP contribution in [0, 0.1) is 18.8 Å². The molecule has 4 nitrogen and oxygen atoms in total. The third-order valence-electron chi connectivity index (χ3n) is 4.57. The number of carbonyl (C=O) groups excluding carboxylic acids is 1. The second-order valence-electron chi connectivity index (χ2n) is 6.30. The number of hydrogen-bond acceptors (Lipinski definition) is 4. The smallest absolute Gasteiger partial charge is 0.341 e. The van der Waals surface area contributed by atoms with Crippen LogP contribution in [0.5, 0.6) is 0 Å². The number of aromatic nitrogens is 2. The summed E-state index contributed by atoms with van der Waals surface area (Å²) in [6.07, 6.45) is 6.45. The molecule has 1 fully saturated rings. The Morgan fingerprint density at radius 3 is 2.52 bits per heavy atom. The second kappa shape index (κ2) is 7.01. The molecule has 0 aromatic carbocycles. The molecular formula is C17H26N2O2. The van der Waals surface area contributed by atoms with Crippen molar-refractivity contribution in [2.75, 3.05) is 6.61 Å². The number of hydrogen-bond donors (Lipinski definition) is 0. The summed E-state index contributed by atoms with van der Waals surface area (Å²) in [4.78, 5) is 20.8. The molecule has 1 heterocycles. The van der Waals surface area contributed by atoms with Gasteiger partial charge in [0.15, 0.2) is 0 Å². The van der Waals surface area contributed by atoms with Gasteiger partial charge in [0, 0.05) is 12.1 Å². The van der Waals surface area contributed by atoms with Crippen molar-refractivity contribution in [2.45, 2.75) is 59.3 Å². The highest BCUT2D eigenvalue weighted by Crippen LogP contribution is 2.37. The maximum Gasteiger partial charge on any atom is 0.341 e. The van der Waals surface area contributed by atoms with Crippen molar-refractivity contribution >= 4 is 5.97 Å². The predicted molar refractivity (Wildman–Crippen MR) is 82.3 cm³/mol. The van der Waals surface area contributed by atoms with E-state index in [-0.39, 0.29) is 5.97 Å². The third-order valence-corrected chi connectivity index (χ3v) is 4.57. The van der Waals surface area contributed by atoms with E-state index in [2.05, 4.69) is 23.8 Å². The molecule has 1 aliphatic rings. The summed E-state index contributed by atoms with van der Waals surface area (Å²) in [7, 11) is 0. The molecule has 1 saturated carbocycles. The largest absolute Gasteiger partial charge is 0.462 e. The SMILES string of the molecule is CCOC(=O)c1cnc(C2CCC(C(C)C)CC2)nc1C. The second-order valence-corrected chi connectivity index (χ2v) is 6.30. The minimum absolute atomic E-state index is 0.329. The van der Waals surface area contributed by atoms with Crippen molar-refractivity contribution in [1.29, 1.82) is 0 Å². The summed E-state index contributed by atoms with van der Waals surface area (Å²) in [5, 5.41) is 0. The fraction of sp³-hybridized carbons (Fsp3) is 0.706. The fourth-order valence-corrected chi connectivity index (χ4v) is 3.14. The zero-order valence-electron chi connectivity index (χ0n) is 13.6.